The van der Waals surface area contributed by atoms with Crippen LogP contribution in [-0.4, -0.2) is 32.9 Å². The Morgan fingerprint density at radius 3 is 2.82 bits per heavy atom. The number of aromatic nitrogens is 2. The number of imidazole rings is 1. The predicted octanol–water partition coefficient (Wildman–Crippen LogP) is 3.09. The zero-order valence-corrected chi connectivity index (χ0v) is 13.0. The van der Waals surface area contributed by atoms with E-state index in [1.54, 1.807) is 12.5 Å². The number of aliphatic carboxylic acids is 1. The fourth-order valence-electron chi connectivity index (χ4n) is 2.81. The summed E-state index contributed by atoms with van der Waals surface area (Å²) in [4.78, 5) is 20.0. The lowest BCUT2D eigenvalue weighted by Crippen LogP contribution is -2.23. The SMILES string of the molecule is O=C(O)CCCCO/N=C(/Cn1ccnc1)C1CCCCC1. The van der Waals surface area contributed by atoms with Gasteiger partial charge in [-0.05, 0) is 25.7 Å². The Morgan fingerprint density at radius 1 is 1.32 bits per heavy atom. The highest BCUT2D eigenvalue weighted by molar-refractivity contribution is 5.86. The van der Waals surface area contributed by atoms with Crippen LogP contribution in [0, 0.1) is 5.92 Å². The molecule has 1 N–H and O–H groups in total. The largest absolute Gasteiger partial charge is 0.481 e. The molecular formula is C16H25N3O3. The summed E-state index contributed by atoms with van der Waals surface area (Å²) in [5, 5.41) is 13.0. The lowest BCUT2D eigenvalue weighted by molar-refractivity contribution is -0.137. The highest BCUT2D eigenvalue weighted by Gasteiger charge is 2.20. The molecule has 22 heavy (non-hydrogen) atoms. The number of oxime groups is 1. The molecule has 2 rings (SSSR count). The smallest absolute Gasteiger partial charge is 0.303 e. The number of nitrogens with zero attached hydrogens (tertiary/aromatic N) is 3. The Balaban J connectivity index is 1.82. The van der Waals surface area contributed by atoms with Crippen LogP contribution in [0.25, 0.3) is 0 Å². The number of carboxylic acids is 1. The Morgan fingerprint density at radius 2 is 2.14 bits per heavy atom. The quantitative estimate of drug-likeness (QED) is 0.432. The topological polar surface area (TPSA) is 76.7 Å². The van der Waals surface area contributed by atoms with Crippen LogP contribution in [0.2, 0.25) is 0 Å². The van der Waals surface area contributed by atoms with Crippen molar-refractivity contribution in [3.63, 3.8) is 0 Å². The van der Waals surface area contributed by atoms with E-state index in [-0.39, 0.29) is 6.42 Å². The van der Waals surface area contributed by atoms with E-state index in [0.29, 0.717) is 18.9 Å². The third-order valence-electron chi connectivity index (χ3n) is 4.04. The van der Waals surface area contributed by atoms with E-state index in [2.05, 4.69) is 10.1 Å². The van der Waals surface area contributed by atoms with Gasteiger partial charge in [0.2, 0.25) is 0 Å². The van der Waals surface area contributed by atoms with Crippen molar-refractivity contribution in [1.82, 2.24) is 9.55 Å². The molecule has 1 heterocycles. The highest BCUT2D eigenvalue weighted by Crippen LogP contribution is 2.25. The molecule has 0 radical (unpaired) electrons. The Labute approximate surface area is 131 Å². The van der Waals surface area contributed by atoms with E-state index < -0.39 is 5.97 Å². The van der Waals surface area contributed by atoms with Crippen LogP contribution in [0.5, 0.6) is 0 Å². The molecule has 1 aliphatic carbocycles. The van der Waals surface area contributed by atoms with Gasteiger partial charge in [-0.15, -0.1) is 0 Å². The highest BCUT2D eigenvalue weighted by atomic mass is 16.6. The van der Waals surface area contributed by atoms with Crippen molar-refractivity contribution in [2.45, 2.75) is 57.9 Å². The third-order valence-corrected chi connectivity index (χ3v) is 4.04. The van der Waals surface area contributed by atoms with Crippen LogP contribution in [0.4, 0.5) is 0 Å². The van der Waals surface area contributed by atoms with Crippen molar-refractivity contribution in [3.8, 4) is 0 Å². The van der Waals surface area contributed by atoms with Gasteiger partial charge in [0.05, 0.1) is 18.6 Å². The van der Waals surface area contributed by atoms with E-state index >= 15 is 0 Å². The Kier molecular flexibility index (Phi) is 6.93. The average Bonchev–Trinajstić information content (AvgIpc) is 3.03. The molecule has 1 aromatic heterocycles. The first-order chi connectivity index (χ1) is 10.8. The molecule has 122 valence electrons. The lowest BCUT2D eigenvalue weighted by Gasteiger charge is -2.23. The summed E-state index contributed by atoms with van der Waals surface area (Å²) in [6.45, 7) is 1.20. The number of rotatable bonds is 9. The molecule has 0 aromatic carbocycles. The minimum absolute atomic E-state index is 0.192. The van der Waals surface area contributed by atoms with Crippen molar-refractivity contribution in [2.24, 2.45) is 11.1 Å². The second-order valence-electron chi connectivity index (χ2n) is 5.84. The maximum atomic E-state index is 10.4. The molecule has 0 aliphatic heterocycles. The molecule has 0 spiro atoms. The zero-order chi connectivity index (χ0) is 15.6. The Hall–Kier alpha value is -1.85. The van der Waals surface area contributed by atoms with Crippen LogP contribution in [0.1, 0.15) is 51.4 Å². The molecule has 1 saturated carbocycles. The molecule has 1 aromatic rings. The normalized spacial score (nSPS) is 16.6. The van der Waals surface area contributed by atoms with E-state index in [9.17, 15) is 4.79 Å². The van der Waals surface area contributed by atoms with E-state index in [1.807, 2.05) is 10.8 Å². The molecular weight excluding hydrogens is 282 g/mol. The van der Waals surface area contributed by atoms with Gasteiger partial charge in [-0.1, -0.05) is 24.4 Å². The van der Waals surface area contributed by atoms with Crippen molar-refractivity contribution >= 4 is 11.7 Å². The first-order valence-electron chi connectivity index (χ1n) is 8.12. The number of unbranched alkanes of at least 4 members (excludes halogenated alkanes) is 1. The molecule has 0 saturated heterocycles. The monoisotopic (exact) mass is 307 g/mol. The van der Waals surface area contributed by atoms with Crippen molar-refractivity contribution in [3.05, 3.63) is 18.7 Å². The number of hydrogen-bond donors (Lipinski definition) is 1. The van der Waals surface area contributed by atoms with E-state index in [1.165, 1.54) is 32.1 Å². The molecule has 1 aliphatic rings. The van der Waals surface area contributed by atoms with Crippen LogP contribution in [0.15, 0.2) is 23.9 Å². The fourth-order valence-corrected chi connectivity index (χ4v) is 2.81. The van der Waals surface area contributed by atoms with Gasteiger partial charge >= 0.3 is 5.97 Å². The van der Waals surface area contributed by atoms with Crippen LogP contribution in [0.3, 0.4) is 0 Å². The minimum atomic E-state index is -0.758. The first kappa shape index (κ1) is 16.5. The van der Waals surface area contributed by atoms with Crippen molar-refractivity contribution < 1.29 is 14.7 Å². The van der Waals surface area contributed by atoms with Gasteiger partial charge in [-0.2, -0.15) is 0 Å². The molecule has 0 unspecified atom stereocenters. The van der Waals surface area contributed by atoms with Gasteiger partial charge in [0, 0.05) is 24.7 Å². The van der Waals surface area contributed by atoms with Crippen LogP contribution >= 0.6 is 0 Å². The maximum Gasteiger partial charge on any atom is 0.303 e. The van der Waals surface area contributed by atoms with Gasteiger partial charge < -0.3 is 14.5 Å². The van der Waals surface area contributed by atoms with Crippen LogP contribution < -0.4 is 0 Å². The summed E-state index contributed by atoms with van der Waals surface area (Å²) in [6.07, 6.45) is 13.2. The fraction of sp³-hybridized carbons (Fsp3) is 0.688. The van der Waals surface area contributed by atoms with E-state index in [0.717, 1.165) is 18.7 Å². The number of carboxylic acid groups (broad SMARTS) is 1. The number of hydrogen-bond acceptors (Lipinski definition) is 4. The summed E-state index contributed by atoms with van der Waals surface area (Å²) >= 11 is 0. The standard InChI is InChI=1S/C16H25N3O3/c20-16(21)8-4-5-11-22-18-15(12-19-10-9-17-13-19)14-6-2-1-3-7-14/h9-10,13-14H,1-8,11-12H2,(H,20,21)/b18-15-. The van der Waals surface area contributed by atoms with Crippen LogP contribution in [-0.2, 0) is 16.2 Å². The molecule has 6 nitrogen and oxygen atoms in total. The molecule has 6 heteroatoms. The lowest BCUT2D eigenvalue weighted by atomic mass is 9.86. The minimum Gasteiger partial charge on any atom is -0.481 e. The summed E-state index contributed by atoms with van der Waals surface area (Å²) in [7, 11) is 0. The summed E-state index contributed by atoms with van der Waals surface area (Å²) in [5.74, 6) is -0.262. The van der Waals surface area contributed by atoms with Crippen molar-refractivity contribution in [1.29, 1.82) is 0 Å². The van der Waals surface area contributed by atoms with Gasteiger partial charge in [0.15, 0.2) is 0 Å². The zero-order valence-electron chi connectivity index (χ0n) is 13.0. The average molecular weight is 307 g/mol. The Bertz CT molecular complexity index is 465. The molecule has 0 atom stereocenters. The third kappa shape index (κ3) is 5.87. The molecule has 1 fully saturated rings. The van der Waals surface area contributed by atoms with Gasteiger partial charge in [0.25, 0.3) is 0 Å². The summed E-state index contributed by atoms with van der Waals surface area (Å²) in [5.41, 5.74) is 1.08. The predicted molar refractivity (Wildman–Crippen MR) is 83.7 cm³/mol. The maximum absolute atomic E-state index is 10.4. The second-order valence-corrected chi connectivity index (χ2v) is 5.84. The van der Waals surface area contributed by atoms with Gasteiger partial charge in [-0.3, -0.25) is 4.79 Å². The van der Waals surface area contributed by atoms with Gasteiger partial charge in [0.1, 0.15) is 6.61 Å². The summed E-state index contributed by atoms with van der Waals surface area (Å²) in [6, 6.07) is 0. The number of carbonyl (C=O) groups is 1. The van der Waals surface area contributed by atoms with E-state index in [4.69, 9.17) is 9.94 Å². The molecule has 0 amide bonds. The van der Waals surface area contributed by atoms with Crippen molar-refractivity contribution in [2.75, 3.05) is 6.61 Å². The molecule has 0 bridgehead atoms. The van der Waals surface area contributed by atoms with Gasteiger partial charge in [-0.25, -0.2) is 4.98 Å². The summed E-state index contributed by atoms with van der Waals surface area (Å²) < 4.78 is 2.02. The second kappa shape index (κ2) is 9.23. The first-order valence-corrected chi connectivity index (χ1v) is 8.12.